The van der Waals surface area contributed by atoms with Gasteiger partial charge in [0.1, 0.15) is 11.5 Å². The number of benzene rings is 2. The van der Waals surface area contributed by atoms with Gasteiger partial charge in [-0.3, -0.25) is 9.59 Å². The van der Waals surface area contributed by atoms with Crippen LogP contribution in [0.1, 0.15) is 12.8 Å². The molecule has 5 nitrogen and oxygen atoms in total. The van der Waals surface area contributed by atoms with E-state index in [0.29, 0.717) is 11.4 Å². The largest absolute Gasteiger partial charge is 0.457 e. The molecule has 0 aliphatic carbocycles. The number of ether oxygens (including phenoxy) is 1. The van der Waals surface area contributed by atoms with Crippen molar-refractivity contribution in [3.63, 3.8) is 0 Å². The van der Waals surface area contributed by atoms with E-state index in [0.717, 1.165) is 10.6 Å². The lowest BCUT2D eigenvalue weighted by molar-refractivity contribution is -0.133. The number of thiocarbonyl (C=S) groups is 1. The number of amides is 2. The molecule has 1 fully saturated rings. The Hall–Kier alpha value is -2.73. The molecule has 2 aromatic carbocycles. The predicted molar refractivity (Wildman–Crippen MR) is 90.3 cm³/mol. The van der Waals surface area contributed by atoms with Crippen molar-refractivity contribution in [1.29, 1.82) is 0 Å². The average molecular weight is 326 g/mol. The lowest BCUT2D eigenvalue weighted by atomic mass is 10.3. The zero-order valence-electron chi connectivity index (χ0n) is 12.2. The molecule has 2 aromatic rings. The fraction of sp³-hybridized carbons (Fsp3) is 0.118. The summed E-state index contributed by atoms with van der Waals surface area (Å²) in [7, 11) is 0. The Bertz CT molecular complexity index is 745. The maximum atomic E-state index is 11.7. The number of anilines is 1. The third kappa shape index (κ3) is 3.54. The van der Waals surface area contributed by atoms with Gasteiger partial charge in [-0.1, -0.05) is 24.3 Å². The van der Waals surface area contributed by atoms with Crippen molar-refractivity contribution in [1.82, 2.24) is 4.90 Å². The van der Waals surface area contributed by atoms with Gasteiger partial charge in [0.2, 0.25) is 11.8 Å². The Balaban J connectivity index is 1.71. The molecule has 116 valence electrons. The fourth-order valence-corrected chi connectivity index (χ4v) is 2.57. The summed E-state index contributed by atoms with van der Waals surface area (Å²) in [4.78, 5) is 24.4. The van der Waals surface area contributed by atoms with Crippen LogP contribution in [0.5, 0.6) is 11.5 Å². The average Bonchev–Trinajstić information content (AvgIpc) is 2.87. The van der Waals surface area contributed by atoms with E-state index in [2.05, 4.69) is 5.32 Å². The van der Waals surface area contributed by atoms with Crippen LogP contribution in [0.25, 0.3) is 0 Å². The zero-order valence-corrected chi connectivity index (χ0v) is 13.0. The molecule has 1 saturated heterocycles. The summed E-state index contributed by atoms with van der Waals surface area (Å²) in [6, 6.07) is 16.5. The van der Waals surface area contributed by atoms with Crippen molar-refractivity contribution in [3.05, 3.63) is 54.6 Å². The van der Waals surface area contributed by atoms with Gasteiger partial charge in [-0.25, -0.2) is 4.90 Å². The second kappa shape index (κ2) is 6.58. The van der Waals surface area contributed by atoms with Gasteiger partial charge in [-0.05, 0) is 36.5 Å². The topological polar surface area (TPSA) is 58.6 Å². The van der Waals surface area contributed by atoms with Gasteiger partial charge < -0.3 is 10.1 Å². The number of likely N-dealkylation sites (tertiary alicyclic amines) is 1. The van der Waals surface area contributed by atoms with E-state index in [4.69, 9.17) is 17.0 Å². The first kappa shape index (κ1) is 15.2. The van der Waals surface area contributed by atoms with Crippen LogP contribution in [0.15, 0.2) is 54.6 Å². The summed E-state index contributed by atoms with van der Waals surface area (Å²) in [6.07, 6.45) is 0.412. The Morgan fingerprint density at radius 1 is 0.957 bits per heavy atom. The number of hydrogen-bond acceptors (Lipinski definition) is 4. The molecule has 1 heterocycles. The molecule has 1 aliphatic rings. The normalized spacial score (nSPS) is 14.0. The van der Waals surface area contributed by atoms with E-state index in [1.54, 1.807) is 18.2 Å². The summed E-state index contributed by atoms with van der Waals surface area (Å²) < 4.78 is 5.74. The Kier molecular flexibility index (Phi) is 4.34. The zero-order chi connectivity index (χ0) is 16.2. The number of rotatable bonds is 3. The van der Waals surface area contributed by atoms with E-state index in [-0.39, 0.29) is 29.8 Å². The number of para-hydroxylation sites is 1. The van der Waals surface area contributed by atoms with E-state index in [1.807, 2.05) is 36.4 Å². The van der Waals surface area contributed by atoms with Crippen LogP contribution in [0, 0.1) is 0 Å². The first-order valence-electron chi connectivity index (χ1n) is 7.13. The molecule has 3 rings (SSSR count). The van der Waals surface area contributed by atoms with Crippen LogP contribution >= 0.6 is 12.2 Å². The lowest BCUT2D eigenvalue weighted by Gasteiger charge is -2.16. The lowest BCUT2D eigenvalue weighted by Crippen LogP contribution is -2.38. The highest BCUT2D eigenvalue weighted by atomic mass is 32.1. The smallest absolute Gasteiger partial charge is 0.236 e. The van der Waals surface area contributed by atoms with Gasteiger partial charge in [0.15, 0.2) is 5.11 Å². The van der Waals surface area contributed by atoms with Crippen molar-refractivity contribution in [2.75, 3.05) is 5.32 Å². The van der Waals surface area contributed by atoms with Crippen LogP contribution in [-0.4, -0.2) is 21.8 Å². The number of imide groups is 1. The second-order valence-electron chi connectivity index (χ2n) is 5.00. The van der Waals surface area contributed by atoms with Gasteiger partial charge in [0, 0.05) is 24.6 Å². The molecule has 0 unspecified atom stereocenters. The van der Waals surface area contributed by atoms with E-state index in [9.17, 15) is 9.59 Å². The molecule has 1 aliphatic heterocycles. The summed E-state index contributed by atoms with van der Waals surface area (Å²) in [5.41, 5.74) is 0.649. The number of hydrogen-bond donors (Lipinski definition) is 1. The third-order valence-electron chi connectivity index (χ3n) is 3.32. The molecule has 0 atom stereocenters. The highest BCUT2D eigenvalue weighted by molar-refractivity contribution is 7.80. The Morgan fingerprint density at radius 3 is 2.30 bits per heavy atom. The van der Waals surface area contributed by atoms with Crippen molar-refractivity contribution in [2.24, 2.45) is 0 Å². The molecule has 0 saturated carbocycles. The van der Waals surface area contributed by atoms with Gasteiger partial charge in [0.25, 0.3) is 0 Å². The minimum absolute atomic E-state index is 0.0920. The SMILES string of the molecule is O=C1CCC(=O)N1C(=S)Nc1cccc(Oc2ccccc2)c1. The fourth-order valence-electron chi connectivity index (χ4n) is 2.24. The van der Waals surface area contributed by atoms with E-state index < -0.39 is 0 Å². The Labute approximate surface area is 138 Å². The van der Waals surface area contributed by atoms with Crippen molar-refractivity contribution < 1.29 is 14.3 Å². The molecule has 6 heteroatoms. The van der Waals surface area contributed by atoms with Crippen LogP contribution in [0.3, 0.4) is 0 Å². The molecular weight excluding hydrogens is 312 g/mol. The molecular formula is C17H14N2O3S. The van der Waals surface area contributed by atoms with Crippen molar-refractivity contribution in [2.45, 2.75) is 12.8 Å². The van der Waals surface area contributed by atoms with Crippen molar-refractivity contribution >= 4 is 34.8 Å². The molecule has 23 heavy (non-hydrogen) atoms. The molecule has 0 radical (unpaired) electrons. The second-order valence-corrected chi connectivity index (χ2v) is 5.38. The Morgan fingerprint density at radius 2 is 1.61 bits per heavy atom. The first-order chi connectivity index (χ1) is 11.1. The monoisotopic (exact) mass is 326 g/mol. The molecule has 2 amide bonds. The van der Waals surface area contributed by atoms with Crippen LogP contribution in [-0.2, 0) is 9.59 Å². The quantitative estimate of drug-likeness (QED) is 0.692. The van der Waals surface area contributed by atoms with Crippen LogP contribution < -0.4 is 10.1 Å². The molecule has 1 N–H and O–H groups in total. The third-order valence-corrected chi connectivity index (χ3v) is 3.60. The summed E-state index contributed by atoms with van der Waals surface area (Å²) in [5, 5.41) is 3.00. The van der Waals surface area contributed by atoms with Crippen LogP contribution in [0.2, 0.25) is 0 Å². The number of nitrogens with zero attached hydrogens (tertiary/aromatic N) is 1. The summed E-state index contributed by atoms with van der Waals surface area (Å²) in [6.45, 7) is 0. The maximum absolute atomic E-state index is 11.7. The minimum Gasteiger partial charge on any atom is -0.457 e. The van der Waals surface area contributed by atoms with Crippen molar-refractivity contribution in [3.8, 4) is 11.5 Å². The molecule has 0 bridgehead atoms. The summed E-state index contributed by atoms with van der Waals surface area (Å²) >= 11 is 5.16. The highest BCUT2D eigenvalue weighted by Crippen LogP contribution is 2.24. The molecule has 0 aromatic heterocycles. The highest BCUT2D eigenvalue weighted by Gasteiger charge is 2.32. The van der Waals surface area contributed by atoms with Gasteiger partial charge in [-0.2, -0.15) is 0 Å². The van der Waals surface area contributed by atoms with Crippen LogP contribution in [0.4, 0.5) is 5.69 Å². The number of carbonyl (C=O) groups excluding carboxylic acids is 2. The van der Waals surface area contributed by atoms with Gasteiger partial charge in [-0.15, -0.1) is 0 Å². The predicted octanol–water partition coefficient (Wildman–Crippen LogP) is 3.32. The summed E-state index contributed by atoms with van der Waals surface area (Å²) in [5.74, 6) is 0.800. The van der Waals surface area contributed by atoms with E-state index in [1.165, 1.54) is 0 Å². The minimum atomic E-state index is -0.274. The standard InChI is InChI=1S/C17H14N2O3S/c20-15-9-10-16(21)19(15)17(23)18-12-5-4-8-14(11-12)22-13-6-2-1-3-7-13/h1-8,11H,9-10H2,(H,18,23). The first-order valence-corrected chi connectivity index (χ1v) is 7.54. The van der Waals surface area contributed by atoms with Gasteiger partial charge >= 0.3 is 0 Å². The maximum Gasteiger partial charge on any atom is 0.236 e. The molecule has 0 spiro atoms. The van der Waals surface area contributed by atoms with E-state index >= 15 is 0 Å². The van der Waals surface area contributed by atoms with Gasteiger partial charge in [0.05, 0.1) is 0 Å². The number of carbonyl (C=O) groups is 2. The number of nitrogens with one attached hydrogen (secondary N) is 1.